The summed E-state index contributed by atoms with van der Waals surface area (Å²) in [6.45, 7) is 0. The van der Waals surface area contributed by atoms with E-state index in [1.54, 1.807) is 18.2 Å². The number of carbonyl (C=O) groups is 1. The van der Waals surface area contributed by atoms with Crippen molar-refractivity contribution in [2.75, 3.05) is 14.2 Å². The molecule has 0 heterocycles. The van der Waals surface area contributed by atoms with E-state index in [-0.39, 0.29) is 6.42 Å². The van der Waals surface area contributed by atoms with Crippen LogP contribution in [0.4, 0.5) is 0 Å². The lowest BCUT2D eigenvalue weighted by molar-refractivity contribution is -0.142. The molecule has 0 aliphatic heterocycles. The van der Waals surface area contributed by atoms with Crippen LogP contribution in [0.3, 0.4) is 0 Å². The number of hydrogen-bond donors (Lipinski definition) is 1. The Balaban J connectivity index is 2.91. The first-order valence-electron chi connectivity index (χ1n) is 4.67. The normalized spacial score (nSPS) is 12.0. The number of hydrogen-bond acceptors (Lipinski definition) is 4. The van der Waals surface area contributed by atoms with Gasteiger partial charge in [0.1, 0.15) is 5.75 Å². The van der Waals surface area contributed by atoms with Crippen molar-refractivity contribution in [3.8, 4) is 5.75 Å². The maximum absolute atomic E-state index is 11.0. The molecule has 1 atom stereocenters. The van der Waals surface area contributed by atoms with Gasteiger partial charge in [-0.15, -0.1) is 0 Å². The van der Waals surface area contributed by atoms with Crippen LogP contribution < -0.4 is 4.74 Å². The second-order valence-corrected chi connectivity index (χ2v) is 3.95. The molecule has 1 aromatic carbocycles. The predicted octanol–water partition coefficient (Wildman–Crippen LogP) is 2.05. The molecular weight excluding hydrogens is 276 g/mol. The number of aliphatic hydroxyl groups excluding tert-OH is 1. The van der Waals surface area contributed by atoms with Crippen LogP contribution in [0.25, 0.3) is 0 Å². The van der Waals surface area contributed by atoms with Gasteiger partial charge >= 0.3 is 5.97 Å². The molecule has 1 rings (SSSR count). The molecular formula is C11H13BrO4. The van der Waals surface area contributed by atoms with Gasteiger partial charge in [0.25, 0.3) is 0 Å². The van der Waals surface area contributed by atoms with E-state index in [1.807, 2.05) is 0 Å². The highest BCUT2D eigenvalue weighted by molar-refractivity contribution is 9.10. The Kier molecular flexibility index (Phi) is 4.76. The summed E-state index contributed by atoms with van der Waals surface area (Å²) in [5.41, 5.74) is 0.602. The number of ether oxygens (including phenoxy) is 2. The molecule has 1 aromatic rings. The Morgan fingerprint density at radius 3 is 2.75 bits per heavy atom. The number of methoxy groups -OCH3 is 2. The summed E-state index contributed by atoms with van der Waals surface area (Å²) in [6, 6.07) is 5.23. The smallest absolute Gasteiger partial charge is 0.308 e. The average Bonchev–Trinajstić information content (AvgIpc) is 2.29. The summed E-state index contributed by atoms with van der Waals surface area (Å²) in [7, 11) is 2.83. The van der Waals surface area contributed by atoms with Gasteiger partial charge in [0, 0.05) is 0 Å². The first-order valence-corrected chi connectivity index (χ1v) is 5.46. The first kappa shape index (κ1) is 13.0. The van der Waals surface area contributed by atoms with Gasteiger partial charge in [0.15, 0.2) is 0 Å². The summed E-state index contributed by atoms with van der Waals surface area (Å²) in [4.78, 5) is 11.0. The number of esters is 1. The van der Waals surface area contributed by atoms with Crippen LogP contribution in [0.5, 0.6) is 5.75 Å². The minimum atomic E-state index is -0.906. The summed E-state index contributed by atoms with van der Waals surface area (Å²) in [5.74, 6) is 0.156. The van der Waals surface area contributed by atoms with Gasteiger partial charge in [0.2, 0.25) is 0 Å². The summed E-state index contributed by atoms with van der Waals surface area (Å²) < 4.78 is 10.2. The quantitative estimate of drug-likeness (QED) is 0.862. The van der Waals surface area contributed by atoms with Crippen LogP contribution >= 0.6 is 15.9 Å². The molecule has 0 aliphatic carbocycles. The number of carbonyl (C=O) groups excluding carboxylic acids is 1. The predicted molar refractivity (Wildman–Crippen MR) is 62.3 cm³/mol. The fraction of sp³-hybridized carbons (Fsp3) is 0.364. The molecule has 0 bridgehead atoms. The molecule has 0 unspecified atom stereocenters. The van der Waals surface area contributed by atoms with Gasteiger partial charge < -0.3 is 14.6 Å². The van der Waals surface area contributed by atoms with Crippen LogP contribution in [0.15, 0.2) is 22.7 Å². The van der Waals surface area contributed by atoms with E-state index >= 15 is 0 Å². The average molecular weight is 289 g/mol. The number of halogens is 1. The molecule has 0 saturated heterocycles. The van der Waals surface area contributed by atoms with E-state index in [2.05, 4.69) is 20.7 Å². The molecule has 0 aromatic heterocycles. The van der Waals surface area contributed by atoms with Crippen LogP contribution in [-0.4, -0.2) is 25.3 Å². The zero-order valence-corrected chi connectivity index (χ0v) is 10.7. The van der Waals surface area contributed by atoms with Crippen LogP contribution in [-0.2, 0) is 9.53 Å². The Bertz CT molecular complexity index is 378. The highest BCUT2D eigenvalue weighted by atomic mass is 79.9. The zero-order valence-electron chi connectivity index (χ0n) is 9.07. The minimum absolute atomic E-state index is 0.0811. The Morgan fingerprint density at radius 1 is 1.50 bits per heavy atom. The Labute approximate surface area is 102 Å². The molecule has 0 amide bonds. The Morgan fingerprint density at radius 2 is 2.19 bits per heavy atom. The molecule has 0 aliphatic rings. The molecule has 0 fully saturated rings. The standard InChI is InChI=1S/C11H13BrO4/c1-15-9-5-3-4-7(11(9)12)8(13)6-10(14)16-2/h3-5,8,13H,6H2,1-2H3/t8-/m1/s1. The van der Waals surface area contributed by atoms with Crippen molar-refractivity contribution in [1.82, 2.24) is 0 Å². The van der Waals surface area contributed by atoms with Crippen LogP contribution in [0, 0.1) is 0 Å². The lowest BCUT2D eigenvalue weighted by Gasteiger charge is -2.13. The van der Waals surface area contributed by atoms with Crippen LogP contribution in [0.2, 0.25) is 0 Å². The fourth-order valence-corrected chi connectivity index (χ4v) is 1.98. The highest BCUT2D eigenvalue weighted by Gasteiger charge is 2.17. The summed E-state index contributed by atoms with van der Waals surface area (Å²) in [5, 5.41) is 9.84. The third-order valence-electron chi connectivity index (χ3n) is 2.16. The lowest BCUT2D eigenvalue weighted by atomic mass is 10.1. The van der Waals surface area contributed by atoms with Gasteiger partial charge in [-0.2, -0.15) is 0 Å². The van der Waals surface area contributed by atoms with Gasteiger partial charge in [0.05, 0.1) is 31.2 Å². The van der Waals surface area contributed by atoms with E-state index in [0.717, 1.165) is 0 Å². The number of rotatable bonds is 4. The minimum Gasteiger partial charge on any atom is -0.496 e. The monoisotopic (exact) mass is 288 g/mol. The third-order valence-corrected chi connectivity index (χ3v) is 3.01. The summed E-state index contributed by atoms with van der Waals surface area (Å²) >= 11 is 3.32. The van der Waals surface area contributed by atoms with Crippen molar-refractivity contribution in [2.45, 2.75) is 12.5 Å². The number of benzene rings is 1. The summed E-state index contributed by atoms with van der Waals surface area (Å²) in [6.07, 6.45) is -0.987. The molecule has 88 valence electrons. The van der Waals surface area contributed by atoms with Crippen molar-refractivity contribution in [1.29, 1.82) is 0 Å². The maximum atomic E-state index is 11.0. The number of aliphatic hydroxyl groups is 1. The van der Waals surface area contributed by atoms with Crippen LogP contribution in [0.1, 0.15) is 18.1 Å². The maximum Gasteiger partial charge on any atom is 0.308 e. The second-order valence-electron chi connectivity index (χ2n) is 3.16. The van der Waals surface area contributed by atoms with Crippen molar-refractivity contribution in [3.63, 3.8) is 0 Å². The largest absolute Gasteiger partial charge is 0.496 e. The molecule has 5 heteroatoms. The lowest BCUT2D eigenvalue weighted by Crippen LogP contribution is -2.08. The van der Waals surface area contributed by atoms with Gasteiger partial charge in [-0.05, 0) is 27.6 Å². The van der Waals surface area contributed by atoms with E-state index in [0.29, 0.717) is 15.8 Å². The van der Waals surface area contributed by atoms with Gasteiger partial charge in [-0.1, -0.05) is 12.1 Å². The molecule has 0 spiro atoms. The molecule has 0 saturated carbocycles. The van der Waals surface area contributed by atoms with E-state index in [9.17, 15) is 9.90 Å². The van der Waals surface area contributed by atoms with Crippen molar-refractivity contribution >= 4 is 21.9 Å². The second kappa shape index (κ2) is 5.86. The molecule has 16 heavy (non-hydrogen) atoms. The molecule has 4 nitrogen and oxygen atoms in total. The molecule has 1 N–H and O–H groups in total. The SMILES string of the molecule is COC(=O)C[C@@H](O)c1cccc(OC)c1Br. The zero-order chi connectivity index (χ0) is 12.1. The Hall–Kier alpha value is -1.07. The van der Waals surface area contributed by atoms with Crippen molar-refractivity contribution < 1.29 is 19.4 Å². The van der Waals surface area contributed by atoms with Crippen molar-refractivity contribution in [2.24, 2.45) is 0 Å². The topological polar surface area (TPSA) is 55.8 Å². The molecule has 0 radical (unpaired) electrons. The third kappa shape index (κ3) is 2.96. The van der Waals surface area contributed by atoms with Gasteiger partial charge in [-0.25, -0.2) is 0 Å². The highest BCUT2D eigenvalue weighted by Crippen LogP contribution is 2.33. The van der Waals surface area contributed by atoms with Crippen molar-refractivity contribution in [3.05, 3.63) is 28.2 Å². The van der Waals surface area contributed by atoms with Gasteiger partial charge in [-0.3, -0.25) is 4.79 Å². The fourth-order valence-electron chi connectivity index (χ4n) is 1.29. The first-order chi connectivity index (χ1) is 7.60. The van der Waals surface area contributed by atoms with E-state index in [1.165, 1.54) is 14.2 Å². The van der Waals surface area contributed by atoms with E-state index in [4.69, 9.17) is 4.74 Å². The van der Waals surface area contributed by atoms with E-state index < -0.39 is 12.1 Å².